The van der Waals surface area contributed by atoms with Gasteiger partial charge in [0.05, 0.1) is 6.10 Å². The van der Waals surface area contributed by atoms with E-state index in [2.05, 4.69) is 10.0 Å². The highest BCUT2D eigenvalue weighted by molar-refractivity contribution is 5.67. The maximum Gasteiger partial charge on any atom is 0.105 e. The number of rotatable bonds is 6. The van der Waals surface area contributed by atoms with E-state index < -0.39 is 12.2 Å². The van der Waals surface area contributed by atoms with Crippen LogP contribution in [0.5, 0.6) is 0 Å². The predicted molar refractivity (Wildman–Crippen MR) is 81.5 cm³/mol. The third-order valence-corrected chi connectivity index (χ3v) is 3.32. The van der Waals surface area contributed by atoms with Crippen LogP contribution in [-0.4, -0.2) is 22.9 Å². The average molecular weight is 283 g/mol. The topological polar surface area (TPSA) is 89.2 Å². The molecule has 5 nitrogen and oxygen atoms in total. The molecule has 0 radical (unpaired) electrons. The van der Waals surface area contributed by atoms with Crippen molar-refractivity contribution in [3.05, 3.63) is 70.6 Å². The van der Waals surface area contributed by atoms with E-state index in [9.17, 15) is 10.2 Å². The summed E-state index contributed by atoms with van der Waals surface area (Å²) in [4.78, 5) is 2.64. The highest BCUT2D eigenvalue weighted by Crippen LogP contribution is 2.30. The molecule has 0 aliphatic carbocycles. The van der Waals surface area contributed by atoms with Crippen molar-refractivity contribution in [3.63, 3.8) is 0 Å². The van der Waals surface area contributed by atoms with Crippen LogP contribution in [0.2, 0.25) is 0 Å². The van der Waals surface area contributed by atoms with Gasteiger partial charge in [-0.2, -0.15) is 0 Å². The molecule has 0 saturated carbocycles. The molecule has 0 amide bonds. The summed E-state index contributed by atoms with van der Waals surface area (Å²) in [5.41, 5.74) is 10.8. The van der Waals surface area contributed by atoms with Crippen molar-refractivity contribution in [2.24, 2.45) is 5.11 Å². The first-order chi connectivity index (χ1) is 10.2. The maximum atomic E-state index is 10.3. The second-order valence-electron chi connectivity index (χ2n) is 4.71. The first-order valence-corrected chi connectivity index (χ1v) is 6.75. The Kier molecular flexibility index (Phi) is 5.35. The van der Waals surface area contributed by atoms with E-state index in [1.807, 2.05) is 48.5 Å². The lowest BCUT2D eigenvalue weighted by atomic mass is 9.93. The number of aliphatic hydroxyl groups excluding tert-OH is 2. The molecule has 0 aromatic heterocycles. The molecule has 21 heavy (non-hydrogen) atoms. The van der Waals surface area contributed by atoms with Gasteiger partial charge in [0.25, 0.3) is 0 Å². The molecule has 0 saturated heterocycles. The van der Waals surface area contributed by atoms with E-state index in [-0.39, 0.29) is 13.0 Å². The molecule has 0 heterocycles. The van der Waals surface area contributed by atoms with E-state index >= 15 is 0 Å². The highest BCUT2D eigenvalue weighted by Gasteiger charge is 2.20. The Morgan fingerprint density at radius 3 is 2.38 bits per heavy atom. The maximum absolute atomic E-state index is 10.3. The van der Waals surface area contributed by atoms with Gasteiger partial charge in [-0.05, 0) is 28.6 Å². The van der Waals surface area contributed by atoms with Crippen molar-refractivity contribution >= 4 is 0 Å². The normalized spacial score (nSPS) is 13.2. The Hall–Kier alpha value is -2.33. The summed E-state index contributed by atoms with van der Waals surface area (Å²) in [6.45, 7) is 0.155. The number of benzene rings is 2. The van der Waals surface area contributed by atoms with Crippen LogP contribution in [0.15, 0.2) is 59.7 Å². The zero-order valence-electron chi connectivity index (χ0n) is 11.5. The van der Waals surface area contributed by atoms with Crippen molar-refractivity contribution in [1.29, 1.82) is 0 Å². The van der Waals surface area contributed by atoms with E-state index in [1.165, 1.54) is 0 Å². The van der Waals surface area contributed by atoms with Crippen LogP contribution >= 0.6 is 0 Å². The zero-order valence-corrected chi connectivity index (χ0v) is 11.5. The summed E-state index contributed by atoms with van der Waals surface area (Å²) < 4.78 is 0. The molecule has 5 heteroatoms. The summed E-state index contributed by atoms with van der Waals surface area (Å²) in [6, 6.07) is 17.1. The highest BCUT2D eigenvalue weighted by atomic mass is 16.3. The third-order valence-electron chi connectivity index (χ3n) is 3.32. The SMILES string of the molecule is [N-]=[N+]=NCCC(O)C(O)c1ccccc1-c1ccccc1. The third kappa shape index (κ3) is 3.83. The molecule has 2 aromatic rings. The van der Waals surface area contributed by atoms with Crippen LogP contribution in [0.4, 0.5) is 0 Å². The van der Waals surface area contributed by atoms with Crippen molar-refractivity contribution in [1.82, 2.24) is 0 Å². The van der Waals surface area contributed by atoms with Crippen LogP contribution in [0.3, 0.4) is 0 Å². The van der Waals surface area contributed by atoms with Crippen LogP contribution in [0.1, 0.15) is 18.1 Å². The van der Waals surface area contributed by atoms with Crippen LogP contribution in [0.25, 0.3) is 21.6 Å². The van der Waals surface area contributed by atoms with E-state index in [0.29, 0.717) is 5.56 Å². The van der Waals surface area contributed by atoms with Gasteiger partial charge in [0.1, 0.15) is 6.10 Å². The van der Waals surface area contributed by atoms with Gasteiger partial charge in [0, 0.05) is 11.5 Å². The minimum Gasteiger partial charge on any atom is -0.390 e. The lowest BCUT2D eigenvalue weighted by Crippen LogP contribution is -2.19. The standard InChI is InChI=1S/C16H17N3O2/c17-19-18-11-10-15(20)16(21)14-9-5-4-8-13(14)12-6-2-1-3-7-12/h1-9,15-16,20-21H,10-11H2. The quantitative estimate of drug-likeness (QED) is 0.483. The van der Waals surface area contributed by atoms with Gasteiger partial charge in [-0.1, -0.05) is 59.7 Å². The van der Waals surface area contributed by atoms with Gasteiger partial charge in [0.2, 0.25) is 0 Å². The van der Waals surface area contributed by atoms with Gasteiger partial charge < -0.3 is 10.2 Å². The minimum atomic E-state index is -1.02. The molecule has 0 aliphatic heterocycles. The lowest BCUT2D eigenvalue weighted by Gasteiger charge is -2.20. The molecule has 0 spiro atoms. The molecule has 2 atom stereocenters. The molecule has 2 N–H and O–H groups in total. The fraction of sp³-hybridized carbons (Fsp3) is 0.250. The smallest absolute Gasteiger partial charge is 0.105 e. The Morgan fingerprint density at radius 1 is 1.00 bits per heavy atom. The van der Waals surface area contributed by atoms with Crippen molar-refractivity contribution < 1.29 is 10.2 Å². The second-order valence-corrected chi connectivity index (χ2v) is 4.71. The van der Waals surface area contributed by atoms with Crippen molar-refractivity contribution in [2.75, 3.05) is 6.54 Å². The Morgan fingerprint density at radius 2 is 1.67 bits per heavy atom. The molecular weight excluding hydrogens is 266 g/mol. The van der Waals surface area contributed by atoms with Gasteiger partial charge in [-0.3, -0.25) is 0 Å². The monoisotopic (exact) mass is 283 g/mol. The number of aliphatic hydroxyl groups is 2. The number of hydrogen-bond donors (Lipinski definition) is 2. The molecular formula is C16H17N3O2. The molecule has 108 valence electrons. The Labute approximate surface area is 123 Å². The molecule has 2 unspecified atom stereocenters. The lowest BCUT2D eigenvalue weighted by molar-refractivity contribution is 0.0153. The van der Waals surface area contributed by atoms with E-state index in [1.54, 1.807) is 6.07 Å². The minimum absolute atomic E-state index is 0.155. The molecule has 2 rings (SSSR count). The van der Waals surface area contributed by atoms with Gasteiger partial charge >= 0.3 is 0 Å². The van der Waals surface area contributed by atoms with Crippen molar-refractivity contribution in [2.45, 2.75) is 18.6 Å². The fourth-order valence-corrected chi connectivity index (χ4v) is 2.24. The first-order valence-electron chi connectivity index (χ1n) is 6.75. The van der Waals surface area contributed by atoms with Crippen LogP contribution in [-0.2, 0) is 0 Å². The summed E-state index contributed by atoms with van der Waals surface area (Å²) in [6.07, 6.45) is -1.77. The zero-order chi connectivity index (χ0) is 15.1. The fourth-order valence-electron chi connectivity index (χ4n) is 2.24. The van der Waals surface area contributed by atoms with Gasteiger partial charge in [-0.15, -0.1) is 0 Å². The molecule has 0 fully saturated rings. The Balaban J connectivity index is 2.25. The number of azide groups is 1. The summed E-state index contributed by atoms with van der Waals surface area (Å²) >= 11 is 0. The van der Waals surface area contributed by atoms with Crippen LogP contribution < -0.4 is 0 Å². The van der Waals surface area contributed by atoms with Gasteiger partial charge in [-0.25, -0.2) is 0 Å². The predicted octanol–water partition coefficient (Wildman–Crippen LogP) is 3.45. The van der Waals surface area contributed by atoms with E-state index in [4.69, 9.17) is 5.53 Å². The molecule has 2 aromatic carbocycles. The van der Waals surface area contributed by atoms with Crippen LogP contribution in [0, 0.1) is 0 Å². The summed E-state index contributed by atoms with van der Waals surface area (Å²) in [5, 5.41) is 23.8. The Bertz CT molecular complexity index is 624. The number of nitrogens with zero attached hydrogens (tertiary/aromatic N) is 3. The molecule has 0 aliphatic rings. The summed E-state index contributed by atoms with van der Waals surface area (Å²) in [7, 11) is 0. The number of hydrogen-bond acceptors (Lipinski definition) is 3. The largest absolute Gasteiger partial charge is 0.390 e. The average Bonchev–Trinajstić information content (AvgIpc) is 2.55. The second kappa shape index (κ2) is 7.45. The van der Waals surface area contributed by atoms with Crippen molar-refractivity contribution in [3.8, 4) is 11.1 Å². The summed E-state index contributed by atoms with van der Waals surface area (Å²) in [5.74, 6) is 0. The molecule has 0 bridgehead atoms. The first kappa shape index (κ1) is 15.1. The van der Waals surface area contributed by atoms with Gasteiger partial charge in [0.15, 0.2) is 0 Å². The van der Waals surface area contributed by atoms with E-state index in [0.717, 1.165) is 11.1 Å².